The molecule has 3 rings (SSSR count). The number of anilines is 1. The molecule has 2 heterocycles. The van der Waals surface area contributed by atoms with Crippen LogP contribution in [0.2, 0.25) is 0 Å². The van der Waals surface area contributed by atoms with Gasteiger partial charge in [-0.3, -0.25) is 9.78 Å². The molecular formula is C19H22BrN3O3S. The smallest absolute Gasteiger partial charge is 0.257 e. The molecule has 1 fully saturated rings. The number of pyridine rings is 1. The molecule has 27 heavy (non-hydrogen) atoms. The Morgan fingerprint density at radius 3 is 2.37 bits per heavy atom. The van der Waals surface area contributed by atoms with Gasteiger partial charge in [0.2, 0.25) is 10.0 Å². The van der Waals surface area contributed by atoms with Gasteiger partial charge in [-0.2, -0.15) is 4.31 Å². The number of nitrogens with zero attached hydrogens (tertiary/aromatic N) is 2. The van der Waals surface area contributed by atoms with E-state index in [1.54, 1.807) is 28.7 Å². The maximum absolute atomic E-state index is 13.0. The summed E-state index contributed by atoms with van der Waals surface area (Å²) in [6.07, 6.45) is 5.86. The minimum atomic E-state index is -3.56. The number of hydrogen-bond donors (Lipinski definition) is 1. The molecule has 1 aromatic heterocycles. The van der Waals surface area contributed by atoms with Crippen LogP contribution in [0.1, 0.15) is 43.5 Å². The Balaban J connectivity index is 1.77. The number of carbonyl (C=O) groups is 1. The lowest BCUT2D eigenvalue weighted by atomic mass is 10.0. The van der Waals surface area contributed by atoms with Crippen LogP contribution in [0.3, 0.4) is 0 Å². The van der Waals surface area contributed by atoms with E-state index >= 15 is 0 Å². The molecule has 1 amide bonds. The molecule has 1 N–H and O–H groups in total. The molecule has 1 aromatic carbocycles. The van der Waals surface area contributed by atoms with Crippen LogP contribution in [0.25, 0.3) is 0 Å². The van der Waals surface area contributed by atoms with Crippen LogP contribution >= 0.6 is 15.9 Å². The highest BCUT2D eigenvalue weighted by molar-refractivity contribution is 9.10. The molecule has 144 valence electrons. The number of sulfonamides is 1. The molecule has 0 radical (unpaired) electrons. The van der Waals surface area contributed by atoms with Crippen LogP contribution in [-0.2, 0) is 10.0 Å². The molecule has 2 atom stereocenters. The number of hydrogen-bond acceptors (Lipinski definition) is 4. The lowest BCUT2D eigenvalue weighted by Crippen LogP contribution is -2.47. The van der Waals surface area contributed by atoms with E-state index in [-0.39, 0.29) is 22.9 Å². The van der Waals surface area contributed by atoms with Crippen molar-refractivity contribution in [3.05, 3.63) is 52.8 Å². The molecule has 0 spiro atoms. The molecule has 1 saturated heterocycles. The van der Waals surface area contributed by atoms with E-state index in [0.29, 0.717) is 15.7 Å². The van der Waals surface area contributed by atoms with Gasteiger partial charge in [-0.05, 0) is 73.0 Å². The van der Waals surface area contributed by atoms with Gasteiger partial charge in [0.1, 0.15) is 0 Å². The fourth-order valence-corrected chi connectivity index (χ4v) is 5.69. The second-order valence-corrected chi connectivity index (χ2v) is 9.59. The number of aromatic nitrogens is 1. The van der Waals surface area contributed by atoms with Crippen molar-refractivity contribution < 1.29 is 13.2 Å². The van der Waals surface area contributed by atoms with Gasteiger partial charge in [0, 0.05) is 34.6 Å². The van der Waals surface area contributed by atoms with Crippen molar-refractivity contribution in [3.63, 3.8) is 0 Å². The third-order valence-electron chi connectivity index (χ3n) is 4.77. The number of rotatable bonds is 4. The Labute approximate surface area is 168 Å². The summed E-state index contributed by atoms with van der Waals surface area (Å²) >= 11 is 3.28. The van der Waals surface area contributed by atoms with E-state index in [0.717, 1.165) is 19.3 Å². The normalized spacial score (nSPS) is 21.0. The molecule has 0 unspecified atom stereocenters. The monoisotopic (exact) mass is 451 g/mol. The lowest BCUT2D eigenvalue weighted by Gasteiger charge is -2.37. The van der Waals surface area contributed by atoms with Crippen molar-refractivity contribution in [1.29, 1.82) is 0 Å². The van der Waals surface area contributed by atoms with E-state index in [1.165, 1.54) is 18.3 Å². The molecule has 0 aliphatic carbocycles. The summed E-state index contributed by atoms with van der Waals surface area (Å²) in [5, 5.41) is 2.75. The van der Waals surface area contributed by atoms with Crippen molar-refractivity contribution in [2.45, 2.75) is 50.1 Å². The van der Waals surface area contributed by atoms with Crippen molar-refractivity contribution in [3.8, 4) is 0 Å². The summed E-state index contributed by atoms with van der Waals surface area (Å²) in [7, 11) is -3.56. The number of amides is 1. The van der Waals surface area contributed by atoms with E-state index in [2.05, 4.69) is 26.2 Å². The third kappa shape index (κ3) is 4.39. The van der Waals surface area contributed by atoms with Crippen molar-refractivity contribution in [2.75, 3.05) is 5.32 Å². The van der Waals surface area contributed by atoms with E-state index < -0.39 is 10.0 Å². The summed E-state index contributed by atoms with van der Waals surface area (Å²) in [6.45, 7) is 3.90. The molecule has 0 saturated carbocycles. The van der Waals surface area contributed by atoms with Gasteiger partial charge in [0.25, 0.3) is 5.91 Å². The highest BCUT2D eigenvalue weighted by atomic mass is 79.9. The van der Waals surface area contributed by atoms with Crippen LogP contribution in [-0.4, -0.2) is 35.7 Å². The standard InChI is InChI=1S/C19H22BrN3O3S/c1-13-4-3-5-14(2)23(13)27(25,26)18-8-6-17(7-9-18)22-19(24)15-10-16(20)12-21-11-15/h6-14H,3-5H2,1-2H3,(H,22,24)/t13-,14-/m1/s1. The van der Waals surface area contributed by atoms with Crippen molar-refractivity contribution in [2.24, 2.45) is 0 Å². The Morgan fingerprint density at radius 2 is 1.78 bits per heavy atom. The van der Waals surface area contributed by atoms with Crippen molar-refractivity contribution >= 4 is 37.5 Å². The predicted octanol–water partition coefficient (Wildman–Crippen LogP) is 4.05. The highest BCUT2D eigenvalue weighted by Crippen LogP contribution is 2.30. The molecule has 1 aliphatic rings. The number of nitrogens with one attached hydrogen (secondary N) is 1. The quantitative estimate of drug-likeness (QED) is 0.759. The number of carbonyl (C=O) groups excluding carboxylic acids is 1. The fourth-order valence-electron chi connectivity index (χ4n) is 3.44. The summed E-state index contributed by atoms with van der Waals surface area (Å²) < 4.78 is 28.4. The van der Waals surface area contributed by atoms with Gasteiger partial charge >= 0.3 is 0 Å². The average Bonchev–Trinajstić information content (AvgIpc) is 2.62. The minimum Gasteiger partial charge on any atom is -0.322 e. The van der Waals surface area contributed by atoms with E-state index in [1.807, 2.05) is 13.8 Å². The molecule has 8 heteroatoms. The van der Waals surface area contributed by atoms with Crippen LogP contribution < -0.4 is 5.32 Å². The highest BCUT2D eigenvalue weighted by Gasteiger charge is 2.35. The minimum absolute atomic E-state index is 0.0119. The molecule has 1 aliphatic heterocycles. The Kier molecular flexibility index (Phi) is 5.98. The average molecular weight is 452 g/mol. The Bertz CT molecular complexity index is 921. The van der Waals surface area contributed by atoms with Gasteiger partial charge in [-0.25, -0.2) is 8.42 Å². The first-order valence-corrected chi connectivity index (χ1v) is 11.1. The fraction of sp³-hybridized carbons (Fsp3) is 0.368. The van der Waals surface area contributed by atoms with Crippen LogP contribution in [0.5, 0.6) is 0 Å². The van der Waals surface area contributed by atoms with Gasteiger partial charge in [0.05, 0.1) is 10.5 Å². The SMILES string of the molecule is C[C@@H]1CCC[C@@H](C)N1S(=O)(=O)c1ccc(NC(=O)c2cncc(Br)c2)cc1. The van der Waals surface area contributed by atoms with Crippen LogP contribution in [0, 0.1) is 0 Å². The molecule has 0 bridgehead atoms. The van der Waals surface area contributed by atoms with Gasteiger partial charge in [-0.1, -0.05) is 6.42 Å². The number of halogens is 1. The summed E-state index contributed by atoms with van der Waals surface area (Å²) in [5.74, 6) is -0.308. The first-order chi connectivity index (χ1) is 12.8. The Morgan fingerprint density at radius 1 is 1.15 bits per heavy atom. The largest absolute Gasteiger partial charge is 0.322 e. The van der Waals surface area contributed by atoms with E-state index in [9.17, 15) is 13.2 Å². The van der Waals surface area contributed by atoms with Gasteiger partial charge < -0.3 is 5.32 Å². The Hall–Kier alpha value is -1.77. The zero-order valence-electron chi connectivity index (χ0n) is 15.2. The van der Waals surface area contributed by atoms with Gasteiger partial charge in [0.15, 0.2) is 0 Å². The first-order valence-electron chi connectivity index (χ1n) is 8.84. The van der Waals surface area contributed by atoms with E-state index in [4.69, 9.17) is 0 Å². The molecular weight excluding hydrogens is 430 g/mol. The first kappa shape index (κ1) is 20.0. The zero-order valence-corrected chi connectivity index (χ0v) is 17.6. The maximum Gasteiger partial charge on any atom is 0.257 e. The molecule has 6 nitrogen and oxygen atoms in total. The lowest BCUT2D eigenvalue weighted by molar-refractivity contribution is 0.102. The second kappa shape index (κ2) is 8.08. The van der Waals surface area contributed by atoms with Gasteiger partial charge in [-0.15, -0.1) is 0 Å². The maximum atomic E-state index is 13.0. The second-order valence-electron chi connectivity index (χ2n) is 6.83. The van der Waals surface area contributed by atoms with Crippen molar-refractivity contribution in [1.82, 2.24) is 9.29 Å². The number of benzene rings is 1. The zero-order chi connectivity index (χ0) is 19.6. The predicted molar refractivity (Wildman–Crippen MR) is 108 cm³/mol. The summed E-state index contributed by atoms with van der Waals surface area (Å²) in [5.41, 5.74) is 0.940. The van der Waals surface area contributed by atoms with Crippen LogP contribution in [0.4, 0.5) is 5.69 Å². The third-order valence-corrected chi connectivity index (χ3v) is 7.34. The molecule has 2 aromatic rings. The number of piperidine rings is 1. The topological polar surface area (TPSA) is 79.4 Å². The van der Waals surface area contributed by atoms with Crippen LogP contribution in [0.15, 0.2) is 52.1 Å². The summed E-state index contributed by atoms with van der Waals surface area (Å²) in [4.78, 5) is 16.5. The summed E-state index contributed by atoms with van der Waals surface area (Å²) in [6, 6.07) is 7.94.